The van der Waals surface area contributed by atoms with E-state index in [0.717, 1.165) is 15.9 Å². The summed E-state index contributed by atoms with van der Waals surface area (Å²) in [6.07, 6.45) is 1.43. The lowest BCUT2D eigenvalue weighted by Gasteiger charge is -2.13. The number of anilines is 4. The normalized spacial score (nSPS) is 10.5. The Labute approximate surface area is 182 Å². The SMILES string of the molecule is CCNC(=O)Nc1cc(Nc2ccccc2)c(C(=O)Nc2nc3ccccc3s2)cn1. The van der Waals surface area contributed by atoms with Crippen molar-refractivity contribution in [3.63, 3.8) is 0 Å². The molecule has 2 heterocycles. The van der Waals surface area contributed by atoms with Gasteiger partial charge in [0.15, 0.2) is 5.13 Å². The molecule has 0 fully saturated rings. The molecule has 9 heteroatoms. The van der Waals surface area contributed by atoms with E-state index in [9.17, 15) is 9.59 Å². The average molecular weight is 433 g/mol. The van der Waals surface area contributed by atoms with Crippen molar-refractivity contribution in [1.29, 1.82) is 0 Å². The standard InChI is InChI=1S/C22H20N6O2S/c1-2-23-21(30)27-19-12-17(25-14-8-4-3-5-9-14)15(13-24-19)20(29)28-22-26-16-10-6-7-11-18(16)31-22/h3-13H,2H2,1H3,(H,26,28,29)(H3,23,24,25,27,30). The van der Waals surface area contributed by atoms with Crippen LogP contribution in [-0.4, -0.2) is 28.5 Å². The zero-order valence-electron chi connectivity index (χ0n) is 16.7. The first-order valence-electron chi connectivity index (χ1n) is 9.66. The third-order valence-electron chi connectivity index (χ3n) is 4.29. The van der Waals surface area contributed by atoms with Crippen LogP contribution in [0.2, 0.25) is 0 Å². The second kappa shape index (κ2) is 9.23. The van der Waals surface area contributed by atoms with Crippen molar-refractivity contribution in [1.82, 2.24) is 15.3 Å². The summed E-state index contributed by atoms with van der Waals surface area (Å²) in [5, 5.41) is 11.9. The number of amides is 3. The van der Waals surface area contributed by atoms with Crippen molar-refractivity contribution < 1.29 is 9.59 Å². The number of carbonyl (C=O) groups is 2. The third-order valence-corrected chi connectivity index (χ3v) is 5.25. The number of hydrogen-bond donors (Lipinski definition) is 4. The number of carbonyl (C=O) groups excluding carboxylic acids is 2. The number of para-hydroxylation sites is 2. The highest BCUT2D eigenvalue weighted by molar-refractivity contribution is 7.22. The number of rotatable bonds is 6. The molecule has 0 bridgehead atoms. The molecule has 4 rings (SSSR count). The van der Waals surface area contributed by atoms with E-state index in [1.165, 1.54) is 17.5 Å². The quantitative estimate of drug-likeness (QED) is 0.349. The van der Waals surface area contributed by atoms with Gasteiger partial charge in [0.25, 0.3) is 5.91 Å². The topological polar surface area (TPSA) is 108 Å². The molecule has 2 aromatic heterocycles. The predicted molar refractivity (Wildman–Crippen MR) is 124 cm³/mol. The van der Waals surface area contributed by atoms with Gasteiger partial charge in [0.1, 0.15) is 5.82 Å². The van der Waals surface area contributed by atoms with Crippen LogP contribution in [0.4, 0.5) is 27.1 Å². The van der Waals surface area contributed by atoms with Crippen LogP contribution in [0.3, 0.4) is 0 Å². The summed E-state index contributed by atoms with van der Waals surface area (Å²) < 4.78 is 0.986. The fraction of sp³-hybridized carbons (Fsp3) is 0.0909. The maximum atomic E-state index is 13.0. The third kappa shape index (κ3) is 4.96. The van der Waals surface area contributed by atoms with Gasteiger partial charge >= 0.3 is 6.03 Å². The molecule has 31 heavy (non-hydrogen) atoms. The lowest BCUT2D eigenvalue weighted by atomic mass is 10.2. The lowest BCUT2D eigenvalue weighted by Crippen LogP contribution is -2.28. The van der Waals surface area contributed by atoms with Crippen LogP contribution in [0.15, 0.2) is 66.9 Å². The molecule has 0 spiro atoms. The molecule has 4 N–H and O–H groups in total. The van der Waals surface area contributed by atoms with E-state index in [1.807, 2.05) is 61.5 Å². The van der Waals surface area contributed by atoms with Crippen molar-refractivity contribution in [2.24, 2.45) is 0 Å². The first-order valence-corrected chi connectivity index (χ1v) is 10.5. The Bertz CT molecular complexity index is 1190. The monoisotopic (exact) mass is 432 g/mol. The Balaban J connectivity index is 1.62. The summed E-state index contributed by atoms with van der Waals surface area (Å²) in [7, 11) is 0. The van der Waals surface area contributed by atoms with Gasteiger partial charge in [-0.25, -0.2) is 14.8 Å². The van der Waals surface area contributed by atoms with Gasteiger partial charge in [-0.3, -0.25) is 15.4 Å². The lowest BCUT2D eigenvalue weighted by molar-refractivity contribution is 0.102. The first-order chi connectivity index (χ1) is 15.1. The number of nitrogens with zero attached hydrogens (tertiary/aromatic N) is 2. The van der Waals surface area contributed by atoms with Crippen molar-refractivity contribution in [2.45, 2.75) is 6.92 Å². The molecular formula is C22H20N6O2S. The minimum atomic E-state index is -0.368. The Morgan fingerprint density at radius 3 is 2.55 bits per heavy atom. The minimum absolute atomic E-state index is 0.320. The van der Waals surface area contributed by atoms with Gasteiger partial charge in [-0.1, -0.05) is 41.7 Å². The first kappa shape index (κ1) is 20.3. The van der Waals surface area contributed by atoms with Gasteiger partial charge < -0.3 is 10.6 Å². The smallest absolute Gasteiger partial charge is 0.320 e. The number of fused-ring (bicyclic) bond motifs is 1. The number of benzene rings is 2. The molecule has 0 atom stereocenters. The fourth-order valence-electron chi connectivity index (χ4n) is 2.90. The second-order valence-corrected chi connectivity index (χ2v) is 7.56. The largest absolute Gasteiger partial charge is 0.355 e. The maximum absolute atomic E-state index is 13.0. The Kier molecular flexibility index (Phi) is 6.04. The van der Waals surface area contributed by atoms with Gasteiger partial charge in [0.2, 0.25) is 0 Å². The molecule has 4 aromatic rings. The number of hydrogen-bond acceptors (Lipinski definition) is 6. The van der Waals surface area contributed by atoms with E-state index >= 15 is 0 Å². The van der Waals surface area contributed by atoms with E-state index in [0.29, 0.717) is 28.7 Å². The van der Waals surface area contributed by atoms with Crippen LogP contribution in [0.5, 0.6) is 0 Å². The molecule has 8 nitrogen and oxygen atoms in total. The van der Waals surface area contributed by atoms with Crippen LogP contribution in [-0.2, 0) is 0 Å². The molecule has 3 amide bonds. The molecule has 0 saturated heterocycles. The molecule has 156 valence electrons. The summed E-state index contributed by atoms with van der Waals surface area (Å²) in [4.78, 5) is 33.5. The average Bonchev–Trinajstić information content (AvgIpc) is 3.17. The highest BCUT2D eigenvalue weighted by Gasteiger charge is 2.16. The Hall–Kier alpha value is -3.98. The molecule has 0 aliphatic rings. The molecule has 2 aromatic carbocycles. The number of aromatic nitrogens is 2. The van der Waals surface area contributed by atoms with E-state index < -0.39 is 0 Å². The summed E-state index contributed by atoms with van der Waals surface area (Å²) in [6.45, 7) is 2.31. The van der Waals surface area contributed by atoms with E-state index in [4.69, 9.17) is 0 Å². The number of thiazole rings is 1. The van der Waals surface area contributed by atoms with Crippen molar-refractivity contribution >= 4 is 55.8 Å². The number of urea groups is 1. The molecule has 0 unspecified atom stereocenters. The molecule has 0 aliphatic heterocycles. The van der Waals surface area contributed by atoms with Crippen LogP contribution in [0.25, 0.3) is 10.2 Å². The predicted octanol–water partition coefficient (Wildman–Crippen LogP) is 4.83. The van der Waals surface area contributed by atoms with Crippen LogP contribution < -0.4 is 21.3 Å². The molecule has 0 aliphatic carbocycles. The van der Waals surface area contributed by atoms with Crippen molar-refractivity contribution in [3.8, 4) is 0 Å². The molecular weight excluding hydrogens is 412 g/mol. The van der Waals surface area contributed by atoms with Gasteiger partial charge in [0.05, 0.1) is 21.5 Å². The maximum Gasteiger partial charge on any atom is 0.320 e. The van der Waals surface area contributed by atoms with E-state index in [1.54, 1.807) is 6.07 Å². The molecule has 0 radical (unpaired) electrons. The van der Waals surface area contributed by atoms with E-state index in [2.05, 4.69) is 31.2 Å². The van der Waals surface area contributed by atoms with E-state index in [-0.39, 0.29) is 11.9 Å². The number of pyridine rings is 1. The summed E-state index contributed by atoms with van der Waals surface area (Å²) in [5.74, 6) is -0.0320. The van der Waals surface area contributed by atoms with Gasteiger partial charge in [-0.2, -0.15) is 0 Å². The van der Waals surface area contributed by atoms with Gasteiger partial charge in [-0.15, -0.1) is 0 Å². The second-order valence-electron chi connectivity index (χ2n) is 6.53. The van der Waals surface area contributed by atoms with Gasteiger partial charge in [0, 0.05) is 24.5 Å². The Morgan fingerprint density at radius 2 is 1.77 bits per heavy atom. The zero-order chi connectivity index (χ0) is 21.6. The Morgan fingerprint density at radius 1 is 1.00 bits per heavy atom. The highest BCUT2D eigenvalue weighted by atomic mass is 32.1. The fourth-order valence-corrected chi connectivity index (χ4v) is 3.76. The number of nitrogens with one attached hydrogen (secondary N) is 4. The summed E-state index contributed by atoms with van der Waals surface area (Å²) in [5.41, 5.74) is 2.45. The summed E-state index contributed by atoms with van der Waals surface area (Å²) >= 11 is 1.40. The van der Waals surface area contributed by atoms with Crippen LogP contribution in [0.1, 0.15) is 17.3 Å². The zero-order valence-corrected chi connectivity index (χ0v) is 17.5. The van der Waals surface area contributed by atoms with Gasteiger partial charge in [-0.05, 0) is 31.2 Å². The van der Waals surface area contributed by atoms with Crippen LogP contribution in [0, 0.1) is 0 Å². The minimum Gasteiger partial charge on any atom is -0.355 e. The van der Waals surface area contributed by atoms with Crippen molar-refractivity contribution in [2.75, 3.05) is 22.5 Å². The van der Waals surface area contributed by atoms with Crippen molar-refractivity contribution in [3.05, 3.63) is 72.4 Å². The molecule has 0 saturated carbocycles. The summed E-state index contributed by atoms with van der Waals surface area (Å²) in [6, 6.07) is 18.4. The highest BCUT2D eigenvalue weighted by Crippen LogP contribution is 2.28. The van der Waals surface area contributed by atoms with Crippen LogP contribution >= 0.6 is 11.3 Å².